The molecule has 0 saturated carbocycles. The van der Waals surface area contributed by atoms with E-state index in [1.54, 1.807) is 12.1 Å². The third-order valence-corrected chi connectivity index (χ3v) is 4.26. The minimum Gasteiger partial charge on any atom is -0.480 e. The molecule has 2 aliphatic rings. The van der Waals surface area contributed by atoms with Gasteiger partial charge in [-0.15, -0.1) is 0 Å². The summed E-state index contributed by atoms with van der Waals surface area (Å²) >= 11 is 0. The quantitative estimate of drug-likeness (QED) is 0.919. The fourth-order valence-electron chi connectivity index (χ4n) is 3.00. The monoisotopic (exact) mass is 305 g/mol. The number of rotatable bonds is 3. The number of benzene rings is 1. The zero-order valence-electron chi connectivity index (χ0n) is 12.4. The predicted molar refractivity (Wildman–Crippen MR) is 77.8 cm³/mol. The van der Waals surface area contributed by atoms with Crippen molar-refractivity contribution in [3.05, 3.63) is 23.8 Å². The van der Waals surface area contributed by atoms with Crippen LogP contribution in [-0.4, -0.2) is 41.3 Å². The molecular formula is C16H19NO5. The average Bonchev–Trinajstić information content (AvgIpc) is 2.94. The third kappa shape index (κ3) is 2.86. The largest absolute Gasteiger partial charge is 0.480 e. The zero-order chi connectivity index (χ0) is 15.7. The number of hydrogen-bond acceptors (Lipinski definition) is 4. The van der Waals surface area contributed by atoms with Crippen LogP contribution in [0.5, 0.6) is 11.5 Å². The highest BCUT2D eigenvalue weighted by Gasteiger charge is 2.34. The molecule has 2 unspecified atom stereocenters. The van der Waals surface area contributed by atoms with Crippen LogP contribution < -0.4 is 9.47 Å². The van der Waals surface area contributed by atoms with Gasteiger partial charge in [-0.25, -0.2) is 4.79 Å². The molecule has 0 aromatic heterocycles. The summed E-state index contributed by atoms with van der Waals surface area (Å²) in [7, 11) is 0. The highest BCUT2D eigenvalue weighted by Crippen LogP contribution is 2.33. The molecule has 1 amide bonds. The Labute approximate surface area is 128 Å². The molecule has 2 aliphatic heterocycles. The van der Waals surface area contributed by atoms with Gasteiger partial charge in [-0.1, -0.05) is 13.0 Å². The molecule has 1 N–H and O–H groups in total. The number of likely N-dealkylation sites (tertiary alicyclic amines) is 1. The standard InChI is InChI=1S/C16H19NO5/c1-10-4-5-17(12(6-10)16(19)20)15(18)8-11-2-3-13-14(7-11)22-9-21-13/h2-3,7,10,12H,4-6,8-9H2,1H3,(H,19,20). The van der Waals surface area contributed by atoms with Crippen molar-refractivity contribution in [2.75, 3.05) is 13.3 Å². The lowest BCUT2D eigenvalue weighted by Gasteiger charge is -2.36. The van der Waals surface area contributed by atoms with Crippen molar-refractivity contribution in [1.82, 2.24) is 4.90 Å². The molecule has 6 nitrogen and oxygen atoms in total. The number of piperidine rings is 1. The number of carbonyl (C=O) groups is 2. The van der Waals surface area contributed by atoms with E-state index in [0.717, 1.165) is 12.0 Å². The van der Waals surface area contributed by atoms with Gasteiger partial charge in [0.2, 0.25) is 12.7 Å². The summed E-state index contributed by atoms with van der Waals surface area (Å²) in [5.74, 6) is 0.554. The fraction of sp³-hybridized carbons (Fsp3) is 0.500. The van der Waals surface area contributed by atoms with Crippen molar-refractivity contribution in [3.8, 4) is 11.5 Å². The number of ether oxygens (including phenoxy) is 2. The van der Waals surface area contributed by atoms with Gasteiger partial charge in [-0.2, -0.15) is 0 Å². The first kappa shape index (κ1) is 14.7. The Kier molecular flexibility index (Phi) is 3.92. The smallest absolute Gasteiger partial charge is 0.326 e. The number of carbonyl (C=O) groups excluding carboxylic acids is 1. The van der Waals surface area contributed by atoms with E-state index in [-0.39, 0.29) is 19.1 Å². The Morgan fingerprint density at radius 1 is 1.32 bits per heavy atom. The third-order valence-electron chi connectivity index (χ3n) is 4.26. The van der Waals surface area contributed by atoms with Crippen LogP contribution in [0.1, 0.15) is 25.3 Å². The van der Waals surface area contributed by atoms with Crippen molar-refractivity contribution in [3.63, 3.8) is 0 Å². The van der Waals surface area contributed by atoms with Crippen molar-refractivity contribution in [2.24, 2.45) is 5.92 Å². The van der Waals surface area contributed by atoms with Gasteiger partial charge in [0.05, 0.1) is 6.42 Å². The molecule has 6 heteroatoms. The Morgan fingerprint density at radius 2 is 2.09 bits per heavy atom. The molecule has 2 atom stereocenters. The van der Waals surface area contributed by atoms with Crippen LogP contribution in [0.2, 0.25) is 0 Å². The van der Waals surface area contributed by atoms with Crippen LogP contribution in [0.15, 0.2) is 18.2 Å². The lowest BCUT2D eigenvalue weighted by Crippen LogP contribution is -2.50. The second kappa shape index (κ2) is 5.87. The van der Waals surface area contributed by atoms with Gasteiger partial charge in [0.25, 0.3) is 0 Å². The van der Waals surface area contributed by atoms with E-state index < -0.39 is 12.0 Å². The molecular weight excluding hydrogens is 286 g/mol. The van der Waals surface area contributed by atoms with Gasteiger partial charge in [-0.3, -0.25) is 4.79 Å². The van der Waals surface area contributed by atoms with E-state index in [1.807, 2.05) is 13.0 Å². The minimum absolute atomic E-state index is 0.154. The molecule has 118 valence electrons. The maximum Gasteiger partial charge on any atom is 0.326 e. The predicted octanol–water partition coefficient (Wildman–Crippen LogP) is 1.67. The molecule has 1 aromatic carbocycles. The normalized spacial score (nSPS) is 23.4. The Bertz CT molecular complexity index is 600. The highest BCUT2D eigenvalue weighted by atomic mass is 16.7. The van der Waals surface area contributed by atoms with E-state index in [2.05, 4.69) is 0 Å². The van der Waals surface area contributed by atoms with Gasteiger partial charge < -0.3 is 19.5 Å². The van der Waals surface area contributed by atoms with Crippen molar-refractivity contribution in [1.29, 1.82) is 0 Å². The van der Waals surface area contributed by atoms with Crippen molar-refractivity contribution in [2.45, 2.75) is 32.2 Å². The first-order valence-corrected chi connectivity index (χ1v) is 7.45. The van der Waals surface area contributed by atoms with Gasteiger partial charge in [0, 0.05) is 6.54 Å². The summed E-state index contributed by atoms with van der Waals surface area (Å²) in [6, 6.07) is 4.65. The molecule has 1 fully saturated rings. The number of carboxylic acid groups (broad SMARTS) is 1. The van der Waals surface area contributed by atoms with E-state index in [1.165, 1.54) is 4.90 Å². The van der Waals surface area contributed by atoms with E-state index in [0.29, 0.717) is 30.4 Å². The molecule has 0 aliphatic carbocycles. The second-order valence-electron chi connectivity index (χ2n) is 5.94. The Balaban J connectivity index is 1.71. The lowest BCUT2D eigenvalue weighted by molar-refractivity contribution is -0.152. The maximum atomic E-state index is 12.5. The van der Waals surface area contributed by atoms with Crippen molar-refractivity contribution >= 4 is 11.9 Å². The number of fused-ring (bicyclic) bond motifs is 1. The van der Waals surface area contributed by atoms with Gasteiger partial charge in [0.1, 0.15) is 6.04 Å². The van der Waals surface area contributed by atoms with Crippen LogP contribution >= 0.6 is 0 Å². The summed E-state index contributed by atoms with van der Waals surface area (Å²) in [6.07, 6.45) is 1.54. The molecule has 1 saturated heterocycles. The summed E-state index contributed by atoms with van der Waals surface area (Å²) < 4.78 is 10.5. The lowest BCUT2D eigenvalue weighted by atomic mass is 9.92. The molecule has 2 heterocycles. The second-order valence-corrected chi connectivity index (χ2v) is 5.94. The SMILES string of the molecule is CC1CCN(C(=O)Cc2ccc3c(c2)OCO3)C(C(=O)O)C1. The van der Waals surface area contributed by atoms with Gasteiger partial charge in [0.15, 0.2) is 11.5 Å². The zero-order valence-corrected chi connectivity index (χ0v) is 12.4. The van der Waals surface area contributed by atoms with Crippen LogP contribution in [0, 0.1) is 5.92 Å². The summed E-state index contributed by atoms with van der Waals surface area (Å²) in [5.41, 5.74) is 0.803. The van der Waals surface area contributed by atoms with Crippen LogP contribution in [0.3, 0.4) is 0 Å². The average molecular weight is 305 g/mol. The van der Waals surface area contributed by atoms with Gasteiger partial charge in [-0.05, 0) is 36.5 Å². The highest BCUT2D eigenvalue weighted by molar-refractivity contribution is 5.85. The molecule has 3 rings (SSSR count). The first-order valence-electron chi connectivity index (χ1n) is 7.45. The number of nitrogens with zero attached hydrogens (tertiary/aromatic N) is 1. The number of aliphatic carboxylic acids is 1. The topological polar surface area (TPSA) is 76.1 Å². The van der Waals surface area contributed by atoms with Crippen LogP contribution in [0.4, 0.5) is 0 Å². The summed E-state index contributed by atoms with van der Waals surface area (Å²) in [4.78, 5) is 25.4. The fourth-order valence-corrected chi connectivity index (χ4v) is 3.00. The number of hydrogen-bond donors (Lipinski definition) is 1. The number of amides is 1. The van der Waals surface area contributed by atoms with Crippen LogP contribution in [-0.2, 0) is 16.0 Å². The summed E-state index contributed by atoms with van der Waals surface area (Å²) in [6.45, 7) is 2.72. The Hall–Kier alpha value is -2.24. The minimum atomic E-state index is -0.925. The van der Waals surface area contributed by atoms with E-state index in [4.69, 9.17) is 9.47 Å². The van der Waals surface area contributed by atoms with E-state index >= 15 is 0 Å². The van der Waals surface area contributed by atoms with Gasteiger partial charge >= 0.3 is 5.97 Å². The van der Waals surface area contributed by atoms with Crippen LogP contribution in [0.25, 0.3) is 0 Å². The molecule has 0 spiro atoms. The molecule has 22 heavy (non-hydrogen) atoms. The molecule has 0 bridgehead atoms. The van der Waals surface area contributed by atoms with E-state index in [9.17, 15) is 14.7 Å². The molecule has 1 aromatic rings. The summed E-state index contributed by atoms with van der Waals surface area (Å²) in [5, 5.41) is 9.34. The number of carboxylic acids is 1. The van der Waals surface area contributed by atoms with Crippen molar-refractivity contribution < 1.29 is 24.2 Å². The maximum absolute atomic E-state index is 12.5. The Morgan fingerprint density at radius 3 is 2.86 bits per heavy atom. The molecule has 0 radical (unpaired) electrons. The first-order chi connectivity index (χ1) is 10.5.